The molecule has 1 heterocycles. The Bertz CT molecular complexity index is 421. The van der Waals surface area contributed by atoms with Crippen molar-refractivity contribution in [3.8, 4) is 0 Å². The first-order valence-corrected chi connectivity index (χ1v) is 8.71. The first kappa shape index (κ1) is 19.4. The molecule has 0 bridgehead atoms. The molecule has 5 nitrogen and oxygen atoms in total. The summed E-state index contributed by atoms with van der Waals surface area (Å²) >= 11 is 0. The van der Waals surface area contributed by atoms with Crippen molar-refractivity contribution in [1.82, 2.24) is 10.6 Å². The van der Waals surface area contributed by atoms with Gasteiger partial charge in [0.15, 0.2) is 9.84 Å². The van der Waals surface area contributed by atoms with Crippen LogP contribution in [0.25, 0.3) is 0 Å². The highest BCUT2D eigenvalue weighted by atomic mass is 35.5. The van der Waals surface area contributed by atoms with Crippen molar-refractivity contribution in [3.63, 3.8) is 0 Å². The van der Waals surface area contributed by atoms with E-state index in [0.29, 0.717) is 13.0 Å². The molecule has 0 aromatic carbocycles. The number of halogens is 1. The second-order valence-electron chi connectivity index (χ2n) is 4.89. The lowest BCUT2D eigenvalue weighted by atomic mass is 10.1. The fourth-order valence-electron chi connectivity index (χ4n) is 1.94. The standard InChI is InChI=1S/C13H24N2O3S.ClH/c1-2-3-4-9-19(17,18)11-13(16)15-10-12-5-7-14-8-6-12;/h5,14H,2-4,6-11H2,1H3,(H,15,16);1H. The highest BCUT2D eigenvalue weighted by molar-refractivity contribution is 7.92. The van der Waals surface area contributed by atoms with Gasteiger partial charge < -0.3 is 10.6 Å². The van der Waals surface area contributed by atoms with E-state index in [1.165, 1.54) is 0 Å². The van der Waals surface area contributed by atoms with Crippen molar-refractivity contribution >= 4 is 28.2 Å². The summed E-state index contributed by atoms with van der Waals surface area (Å²) in [5, 5.41) is 5.87. The Morgan fingerprint density at radius 2 is 2.15 bits per heavy atom. The molecule has 0 aliphatic carbocycles. The van der Waals surface area contributed by atoms with Crippen LogP contribution in [-0.2, 0) is 14.6 Å². The molecule has 0 aromatic heterocycles. The second-order valence-corrected chi connectivity index (χ2v) is 7.08. The lowest BCUT2D eigenvalue weighted by Crippen LogP contribution is -2.34. The maximum absolute atomic E-state index is 11.7. The van der Waals surface area contributed by atoms with Gasteiger partial charge in [-0.2, -0.15) is 0 Å². The normalized spacial score (nSPS) is 15.2. The summed E-state index contributed by atoms with van der Waals surface area (Å²) in [6, 6.07) is 0. The number of hydrogen-bond donors (Lipinski definition) is 2. The van der Waals surface area contributed by atoms with Crippen LogP contribution in [0.2, 0.25) is 0 Å². The minimum Gasteiger partial charge on any atom is -0.351 e. The zero-order valence-electron chi connectivity index (χ0n) is 12.0. The molecule has 20 heavy (non-hydrogen) atoms. The van der Waals surface area contributed by atoms with Gasteiger partial charge in [0.25, 0.3) is 0 Å². The van der Waals surface area contributed by atoms with Gasteiger partial charge in [0.1, 0.15) is 5.75 Å². The fraction of sp³-hybridized carbons (Fsp3) is 0.769. The van der Waals surface area contributed by atoms with E-state index in [0.717, 1.165) is 37.9 Å². The Hall–Kier alpha value is -0.590. The predicted octanol–water partition coefficient (Wildman–Crippen LogP) is 1.05. The van der Waals surface area contributed by atoms with Gasteiger partial charge in [-0.05, 0) is 19.4 Å². The van der Waals surface area contributed by atoms with Crippen molar-refractivity contribution in [2.24, 2.45) is 0 Å². The van der Waals surface area contributed by atoms with Crippen LogP contribution in [0.5, 0.6) is 0 Å². The molecule has 1 aliphatic rings. The lowest BCUT2D eigenvalue weighted by molar-refractivity contribution is -0.118. The Balaban J connectivity index is 0.00000361. The summed E-state index contributed by atoms with van der Waals surface area (Å²) in [7, 11) is -3.25. The Kier molecular flexibility index (Phi) is 9.88. The fourth-order valence-corrected chi connectivity index (χ4v) is 3.23. The van der Waals surface area contributed by atoms with Gasteiger partial charge in [-0.15, -0.1) is 12.4 Å². The molecule has 0 saturated heterocycles. The minimum absolute atomic E-state index is 0. The van der Waals surface area contributed by atoms with E-state index in [1.807, 2.05) is 13.0 Å². The summed E-state index contributed by atoms with van der Waals surface area (Å²) < 4.78 is 23.4. The number of rotatable bonds is 8. The third-order valence-corrected chi connectivity index (χ3v) is 4.69. The monoisotopic (exact) mass is 324 g/mol. The molecular formula is C13H25ClN2O3S. The Labute approximate surface area is 127 Å². The van der Waals surface area contributed by atoms with E-state index in [4.69, 9.17) is 0 Å². The largest absolute Gasteiger partial charge is 0.351 e. The topological polar surface area (TPSA) is 75.3 Å². The molecule has 0 atom stereocenters. The van der Waals surface area contributed by atoms with Crippen LogP contribution in [0, 0.1) is 0 Å². The Morgan fingerprint density at radius 1 is 1.40 bits per heavy atom. The van der Waals surface area contributed by atoms with Crippen molar-refractivity contribution in [1.29, 1.82) is 0 Å². The van der Waals surface area contributed by atoms with E-state index in [9.17, 15) is 13.2 Å². The number of unbranched alkanes of at least 4 members (excludes halogenated alkanes) is 2. The summed E-state index contributed by atoms with van der Waals surface area (Å²) in [6.45, 7) is 4.22. The van der Waals surface area contributed by atoms with Gasteiger partial charge in [0.05, 0.1) is 5.75 Å². The number of hydrogen-bond acceptors (Lipinski definition) is 4. The van der Waals surface area contributed by atoms with Crippen molar-refractivity contribution in [3.05, 3.63) is 11.6 Å². The molecule has 0 unspecified atom stereocenters. The molecule has 0 radical (unpaired) electrons. The van der Waals surface area contributed by atoms with Crippen LogP contribution in [0.3, 0.4) is 0 Å². The van der Waals surface area contributed by atoms with Gasteiger partial charge in [0, 0.05) is 13.1 Å². The average molecular weight is 325 g/mol. The average Bonchev–Trinajstić information content (AvgIpc) is 2.37. The number of nitrogens with one attached hydrogen (secondary N) is 2. The van der Waals surface area contributed by atoms with E-state index in [-0.39, 0.29) is 23.9 Å². The van der Waals surface area contributed by atoms with Crippen molar-refractivity contribution < 1.29 is 13.2 Å². The second kappa shape index (κ2) is 10.2. The first-order valence-electron chi connectivity index (χ1n) is 6.89. The van der Waals surface area contributed by atoms with Crippen LogP contribution >= 0.6 is 12.4 Å². The SMILES string of the molecule is CCCCCS(=O)(=O)CC(=O)NCC1=CCNCC1.Cl. The molecule has 0 aromatic rings. The highest BCUT2D eigenvalue weighted by Crippen LogP contribution is 2.03. The van der Waals surface area contributed by atoms with Crippen molar-refractivity contribution in [2.45, 2.75) is 32.6 Å². The van der Waals surface area contributed by atoms with Crippen LogP contribution < -0.4 is 10.6 Å². The van der Waals surface area contributed by atoms with Gasteiger partial charge in [0.2, 0.25) is 5.91 Å². The van der Waals surface area contributed by atoms with Crippen LogP contribution in [0.1, 0.15) is 32.6 Å². The quantitative estimate of drug-likeness (QED) is 0.517. The molecule has 1 amide bonds. The third-order valence-electron chi connectivity index (χ3n) is 3.08. The van der Waals surface area contributed by atoms with Gasteiger partial charge in [-0.3, -0.25) is 4.79 Å². The molecule has 0 spiro atoms. The summed E-state index contributed by atoms with van der Waals surface area (Å²) in [5.41, 5.74) is 1.16. The first-order chi connectivity index (χ1) is 9.03. The van der Waals surface area contributed by atoms with Gasteiger partial charge in [-0.1, -0.05) is 31.4 Å². The van der Waals surface area contributed by atoms with Gasteiger partial charge >= 0.3 is 0 Å². The van der Waals surface area contributed by atoms with Crippen LogP contribution in [0.15, 0.2) is 11.6 Å². The van der Waals surface area contributed by atoms with E-state index < -0.39 is 15.7 Å². The zero-order chi connectivity index (χ0) is 14.1. The summed E-state index contributed by atoms with van der Waals surface area (Å²) in [4.78, 5) is 11.6. The molecule has 1 aliphatic heterocycles. The highest BCUT2D eigenvalue weighted by Gasteiger charge is 2.16. The molecular weight excluding hydrogens is 300 g/mol. The van der Waals surface area contributed by atoms with Gasteiger partial charge in [-0.25, -0.2) is 8.42 Å². The summed E-state index contributed by atoms with van der Waals surface area (Å²) in [6.07, 6.45) is 5.45. The number of carbonyl (C=O) groups excluding carboxylic acids is 1. The van der Waals surface area contributed by atoms with E-state index >= 15 is 0 Å². The predicted molar refractivity (Wildman–Crippen MR) is 84.0 cm³/mol. The molecule has 0 saturated carbocycles. The van der Waals surface area contributed by atoms with E-state index in [1.54, 1.807) is 0 Å². The molecule has 0 fully saturated rings. The van der Waals surface area contributed by atoms with Crippen LogP contribution in [0.4, 0.5) is 0 Å². The lowest BCUT2D eigenvalue weighted by Gasteiger charge is -2.14. The van der Waals surface area contributed by atoms with Crippen molar-refractivity contribution in [2.75, 3.05) is 31.1 Å². The molecule has 7 heteroatoms. The maximum atomic E-state index is 11.7. The smallest absolute Gasteiger partial charge is 0.235 e. The molecule has 1 rings (SSSR count). The zero-order valence-corrected chi connectivity index (χ0v) is 13.6. The third kappa shape index (κ3) is 8.55. The molecule has 2 N–H and O–H groups in total. The minimum atomic E-state index is -3.25. The number of carbonyl (C=O) groups is 1. The number of amides is 1. The molecule has 118 valence electrons. The van der Waals surface area contributed by atoms with Crippen LogP contribution in [-0.4, -0.2) is 45.5 Å². The maximum Gasteiger partial charge on any atom is 0.235 e. The number of sulfone groups is 1. The van der Waals surface area contributed by atoms with E-state index in [2.05, 4.69) is 10.6 Å². The summed E-state index contributed by atoms with van der Waals surface area (Å²) in [5.74, 6) is -0.667. The Morgan fingerprint density at radius 3 is 2.75 bits per heavy atom.